The summed E-state index contributed by atoms with van der Waals surface area (Å²) in [5.41, 5.74) is 1.37. The van der Waals surface area contributed by atoms with E-state index in [1.54, 1.807) is 21.3 Å². The quantitative estimate of drug-likeness (QED) is 0.339. The van der Waals surface area contributed by atoms with Gasteiger partial charge in [-0.25, -0.2) is 8.78 Å². The molecule has 2 aromatic carbocycles. The van der Waals surface area contributed by atoms with Crippen LogP contribution >= 0.6 is 24.0 Å². The molecule has 2 N–H and O–H groups in total. The van der Waals surface area contributed by atoms with Crippen LogP contribution in [0, 0.1) is 11.6 Å². The average Bonchev–Trinajstić information content (AvgIpc) is 2.68. The molecule has 0 saturated heterocycles. The van der Waals surface area contributed by atoms with Crippen molar-refractivity contribution in [3.05, 3.63) is 59.2 Å². The highest BCUT2D eigenvalue weighted by molar-refractivity contribution is 14.0. The number of ether oxygens (including phenoxy) is 2. The molecular weight excluding hydrogens is 479 g/mol. The smallest absolute Gasteiger partial charge is 0.191 e. The summed E-state index contributed by atoms with van der Waals surface area (Å²) >= 11 is 0. The van der Waals surface area contributed by atoms with Crippen molar-refractivity contribution >= 4 is 29.9 Å². The van der Waals surface area contributed by atoms with E-state index in [0.717, 1.165) is 23.1 Å². The minimum atomic E-state index is -0.581. The molecule has 8 heteroatoms. The fourth-order valence-corrected chi connectivity index (χ4v) is 2.70. The van der Waals surface area contributed by atoms with E-state index in [4.69, 9.17) is 9.47 Å². The summed E-state index contributed by atoms with van der Waals surface area (Å²) in [6, 6.07) is 9.06. The van der Waals surface area contributed by atoms with Gasteiger partial charge in [0.25, 0.3) is 0 Å². The number of hydrogen-bond donors (Lipinski definition) is 2. The lowest BCUT2D eigenvalue weighted by atomic mass is 10.1. The molecule has 0 spiro atoms. The Balaban J connectivity index is 0.00000392. The van der Waals surface area contributed by atoms with Crippen molar-refractivity contribution in [3.63, 3.8) is 0 Å². The van der Waals surface area contributed by atoms with E-state index in [0.29, 0.717) is 24.5 Å². The van der Waals surface area contributed by atoms with E-state index >= 15 is 0 Å². The zero-order valence-corrected chi connectivity index (χ0v) is 18.7. The second-order valence-electron chi connectivity index (χ2n) is 5.96. The topological polar surface area (TPSA) is 54.9 Å². The maximum absolute atomic E-state index is 13.7. The van der Waals surface area contributed by atoms with Gasteiger partial charge in [0.05, 0.1) is 20.3 Å². The van der Waals surface area contributed by atoms with Gasteiger partial charge in [0.15, 0.2) is 5.96 Å². The van der Waals surface area contributed by atoms with Gasteiger partial charge in [-0.3, -0.25) is 4.99 Å². The lowest BCUT2D eigenvalue weighted by Crippen LogP contribution is -2.39. The predicted octanol–water partition coefficient (Wildman–Crippen LogP) is 4.07. The summed E-state index contributed by atoms with van der Waals surface area (Å²) < 4.78 is 37.4. The zero-order chi connectivity index (χ0) is 19.8. The number of nitrogens with zero attached hydrogens (tertiary/aromatic N) is 1. The Morgan fingerprint density at radius 2 is 1.86 bits per heavy atom. The summed E-state index contributed by atoms with van der Waals surface area (Å²) in [4.78, 5) is 4.19. The molecule has 0 radical (unpaired) electrons. The molecule has 0 aliphatic carbocycles. The molecule has 1 unspecified atom stereocenters. The average molecular weight is 505 g/mol. The summed E-state index contributed by atoms with van der Waals surface area (Å²) in [5, 5.41) is 6.40. The monoisotopic (exact) mass is 505 g/mol. The van der Waals surface area contributed by atoms with Gasteiger partial charge in [-0.15, -0.1) is 24.0 Å². The predicted molar refractivity (Wildman–Crippen MR) is 118 cm³/mol. The van der Waals surface area contributed by atoms with Gasteiger partial charge in [0.2, 0.25) is 0 Å². The van der Waals surface area contributed by atoms with Crippen LogP contribution in [0.1, 0.15) is 24.1 Å². The van der Waals surface area contributed by atoms with Crippen LogP contribution in [0.25, 0.3) is 0 Å². The van der Waals surface area contributed by atoms with Crippen molar-refractivity contribution in [2.24, 2.45) is 4.99 Å². The summed E-state index contributed by atoms with van der Waals surface area (Å²) in [6.45, 7) is 2.42. The lowest BCUT2D eigenvalue weighted by molar-refractivity contribution is 0.394. The molecule has 0 heterocycles. The molecule has 5 nitrogen and oxygen atoms in total. The van der Waals surface area contributed by atoms with Gasteiger partial charge >= 0.3 is 0 Å². The maximum Gasteiger partial charge on any atom is 0.191 e. The number of benzene rings is 2. The van der Waals surface area contributed by atoms with Crippen LogP contribution < -0.4 is 20.1 Å². The SMILES string of the molecule is CN=C(NCCc1ccc(F)cc1F)NC(C)c1cc(OC)ccc1OC.I. The van der Waals surface area contributed by atoms with Crippen LogP contribution in [0.2, 0.25) is 0 Å². The van der Waals surface area contributed by atoms with E-state index in [9.17, 15) is 8.78 Å². The van der Waals surface area contributed by atoms with Crippen molar-refractivity contribution < 1.29 is 18.3 Å². The Hall–Kier alpha value is -2.10. The zero-order valence-electron chi connectivity index (χ0n) is 16.4. The van der Waals surface area contributed by atoms with Gasteiger partial charge in [0.1, 0.15) is 23.1 Å². The molecule has 154 valence electrons. The van der Waals surface area contributed by atoms with Crippen molar-refractivity contribution in [3.8, 4) is 11.5 Å². The largest absolute Gasteiger partial charge is 0.497 e. The Labute approximate surface area is 181 Å². The molecule has 0 bridgehead atoms. The molecule has 1 atom stereocenters. The van der Waals surface area contributed by atoms with Crippen LogP contribution in [0.15, 0.2) is 41.4 Å². The summed E-state index contributed by atoms with van der Waals surface area (Å²) in [5.74, 6) is 0.903. The molecule has 0 aliphatic heterocycles. The van der Waals surface area contributed by atoms with E-state index < -0.39 is 11.6 Å². The van der Waals surface area contributed by atoms with E-state index in [1.165, 1.54) is 12.1 Å². The van der Waals surface area contributed by atoms with Crippen molar-refractivity contribution in [2.45, 2.75) is 19.4 Å². The third-order valence-electron chi connectivity index (χ3n) is 4.18. The number of hydrogen-bond acceptors (Lipinski definition) is 3. The molecule has 0 amide bonds. The first kappa shape index (κ1) is 23.9. The molecule has 0 aliphatic rings. The number of rotatable bonds is 7. The molecule has 0 saturated carbocycles. The van der Waals surface area contributed by atoms with Crippen molar-refractivity contribution in [2.75, 3.05) is 27.8 Å². The molecule has 2 rings (SSSR count). The van der Waals surface area contributed by atoms with E-state index in [2.05, 4.69) is 15.6 Å². The fourth-order valence-electron chi connectivity index (χ4n) is 2.70. The van der Waals surface area contributed by atoms with Crippen LogP contribution in [0.5, 0.6) is 11.5 Å². The van der Waals surface area contributed by atoms with Gasteiger partial charge in [-0.2, -0.15) is 0 Å². The summed E-state index contributed by atoms with van der Waals surface area (Å²) in [7, 11) is 4.88. The van der Waals surface area contributed by atoms with E-state index in [1.807, 2.05) is 25.1 Å². The highest BCUT2D eigenvalue weighted by atomic mass is 127. The second-order valence-corrected chi connectivity index (χ2v) is 5.96. The Bertz CT molecular complexity index is 803. The Morgan fingerprint density at radius 1 is 1.11 bits per heavy atom. The fraction of sp³-hybridized carbons (Fsp3) is 0.350. The molecule has 2 aromatic rings. The molecular formula is C20H26F2IN3O2. The number of aliphatic imine (C=N–C) groups is 1. The molecule has 0 fully saturated rings. The minimum absolute atomic E-state index is 0. The second kappa shape index (κ2) is 11.7. The van der Waals surface area contributed by atoms with Gasteiger partial charge in [-0.1, -0.05) is 6.07 Å². The highest BCUT2D eigenvalue weighted by Crippen LogP contribution is 2.29. The van der Waals surface area contributed by atoms with E-state index in [-0.39, 0.29) is 30.0 Å². The maximum atomic E-state index is 13.7. The molecule has 0 aromatic heterocycles. The van der Waals surface area contributed by atoms with Gasteiger partial charge in [0, 0.05) is 25.2 Å². The first-order valence-electron chi connectivity index (χ1n) is 8.61. The Morgan fingerprint density at radius 3 is 2.46 bits per heavy atom. The van der Waals surface area contributed by atoms with Crippen LogP contribution in [-0.2, 0) is 6.42 Å². The van der Waals surface area contributed by atoms with Crippen LogP contribution in [0.4, 0.5) is 8.78 Å². The first-order valence-corrected chi connectivity index (χ1v) is 8.61. The first-order chi connectivity index (χ1) is 13.0. The van der Waals surface area contributed by atoms with Crippen LogP contribution in [0.3, 0.4) is 0 Å². The number of halogens is 3. The number of nitrogens with one attached hydrogen (secondary N) is 2. The van der Waals surface area contributed by atoms with Gasteiger partial charge < -0.3 is 20.1 Å². The standard InChI is InChI=1S/C20H25F2N3O2.HI/c1-13(17-12-16(26-3)7-8-19(17)27-4)25-20(23-2)24-10-9-14-5-6-15(21)11-18(14)22;/h5-8,11-13H,9-10H2,1-4H3,(H2,23,24,25);1H. The minimum Gasteiger partial charge on any atom is -0.497 e. The Kier molecular flexibility index (Phi) is 9.98. The van der Waals surface area contributed by atoms with Crippen molar-refractivity contribution in [1.29, 1.82) is 0 Å². The third-order valence-corrected chi connectivity index (χ3v) is 4.18. The number of methoxy groups -OCH3 is 2. The van der Waals surface area contributed by atoms with Gasteiger partial charge in [-0.05, 0) is 43.2 Å². The third kappa shape index (κ3) is 6.50. The normalized spacial score (nSPS) is 12.0. The van der Waals surface area contributed by atoms with Crippen molar-refractivity contribution in [1.82, 2.24) is 10.6 Å². The van der Waals surface area contributed by atoms with Crippen LogP contribution in [-0.4, -0.2) is 33.8 Å². The lowest BCUT2D eigenvalue weighted by Gasteiger charge is -2.21. The summed E-state index contributed by atoms with van der Waals surface area (Å²) in [6.07, 6.45) is 0.406. The highest BCUT2D eigenvalue weighted by Gasteiger charge is 2.14. The number of guanidine groups is 1. The molecule has 28 heavy (non-hydrogen) atoms.